The number of anilines is 1. The Bertz CT molecular complexity index is 1180. The molecule has 3 heterocycles. The van der Waals surface area contributed by atoms with Gasteiger partial charge in [0.1, 0.15) is 0 Å². The first kappa shape index (κ1) is 20.5. The molecule has 0 spiro atoms. The number of nitrogens with one attached hydrogen (secondary N) is 1. The molecular formula is C22H24N6O3. The highest BCUT2D eigenvalue weighted by Gasteiger charge is 2.22. The zero-order valence-corrected chi connectivity index (χ0v) is 17.3. The summed E-state index contributed by atoms with van der Waals surface area (Å²) in [4.78, 5) is 41.5. The lowest BCUT2D eigenvalue weighted by atomic mass is 10.1. The zero-order chi connectivity index (χ0) is 21.8. The van der Waals surface area contributed by atoms with E-state index in [2.05, 4.69) is 33.1 Å². The first-order valence-electron chi connectivity index (χ1n) is 10.2. The van der Waals surface area contributed by atoms with E-state index in [-0.39, 0.29) is 18.9 Å². The molecule has 9 nitrogen and oxygen atoms in total. The fraction of sp³-hybridized carbons (Fsp3) is 0.318. The summed E-state index contributed by atoms with van der Waals surface area (Å²) in [7, 11) is 0. The highest BCUT2D eigenvalue weighted by atomic mass is 16.2. The van der Waals surface area contributed by atoms with E-state index in [9.17, 15) is 14.4 Å². The minimum absolute atomic E-state index is 0.0151. The number of nitrogens with zero attached hydrogens (tertiary/aromatic N) is 5. The Kier molecular flexibility index (Phi) is 5.92. The van der Waals surface area contributed by atoms with E-state index >= 15 is 0 Å². The number of carbonyl (C=O) groups is 1. The van der Waals surface area contributed by atoms with E-state index in [1.807, 2.05) is 30.3 Å². The summed E-state index contributed by atoms with van der Waals surface area (Å²) in [5.41, 5.74) is 2.11. The van der Waals surface area contributed by atoms with Crippen LogP contribution in [-0.4, -0.2) is 56.7 Å². The van der Waals surface area contributed by atoms with Crippen LogP contribution in [0.25, 0.3) is 11.3 Å². The van der Waals surface area contributed by atoms with Gasteiger partial charge >= 0.3 is 5.69 Å². The van der Waals surface area contributed by atoms with E-state index in [1.54, 1.807) is 4.90 Å². The molecule has 9 heteroatoms. The Labute approximate surface area is 179 Å². The van der Waals surface area contributed by atoms with Crippen molar-refractivity contribution in [2.75, 3.05) is 31.1 Å². The van der Waals surface area contributed by atoms with Crippen molar-refractivity contribution in [2.45, 2.75) is 19.9 Å². The molecular weight excluding hydrogens is 396 g/mol. The first-order chi connectivity index (χ1) is 15.0. The minimum Gasteiger partial charge on any atom is -0.352 e. The number of aryl methyl sites for hydroxylation is 2. The van der Waals surface area contributed by atoms with E-state index in [4.69, 9.17) is 0 Å². The summed E-state index contributed by atoms with van der Waals surface area (Å²) in [5.74, 6) is 0.781. The molecule has 1 amide bonds. The topological polar surface area (TPSA) is 104 Å². The van der Waals surface area contributed by atoms with Gasteiger partial charge in [0, 0.05) is 57.0 Å². The van der Waals surface area contributed by atoms with Crippen LogP contribution in [0, 0.1) is 6.92 Å². The molecule has 1 aromatic carbocycles. The van der Waals surface area contributed by atoms with Crippen molar-refractivity contribution in [3.05, 3.63) is 75.1 Å². The fourth-order valence-electron chi connectivity index (χ4n) is 3.68. The molecule has 31 heavy (non-hydrogen) atoms. The second kappa shape index (κ2) is 8.95. The number of piperazine rings is 1. The van der Waals surface area contributed by atoms with Crippen LogP contribution >= 0.6 is 0 Å². The van der Waals surface area contributed by atoms with E-state index < -0.39 is 11.2 Å². The molecule has 0 bridgehead atoms. The predicted octanol–water partition coefficient (Wildman–Crippen LogP) is 1.04. The number of benzene rings is 1. The van der Waals surface area contributed by atoms with Crippen molar-refractivity contribution >= 4 is 11.7 Å². The maximum atomic E-state index is 12.5. The average Bonchev–Trinajstić information content (AvgIpc) is 2.79. The molecule has 0 atom stereocenters. The standard InChI is InChI=1S/C22H24N6O3/c1-16-4-2-3-5-17(16)18-6-7-19(25-24-18)26-12-14-27(15-13-26)21(30)9-11-28-10-8-20(29)23-22(28)31/h2-8,10H,9,11-15H2,1H3,(H,23,29,31). The first-order valence-corrected chi connectivity index (χ1v) is 10.2. The van der Waals surface area contributed by atoms with Crippen molar-refractivity contribution in [3.8, 4) is 11.3 Å². The molecule has 1 N–H and O–H groups in total. The zero-order valence-electron chi connectivity index (χ0n) is 17.3. The number of amides is 1. The molecule has 0 unspecified atom stereocenters. The smallest absolute Gasteiger partial charge is 0.328 e. The number of aromatic amines is 1. The number of hydrogen-bond donors (Lipinski definition) is 1. The van der Waals surface area contributed by atoms with Gasteiger partial charge in [-0.3, -0.25) is 14.6 Å². The fourth-order valence-corrected chi connectivity index (χ4v) is 3.68. The predicted molar refractivity (Wildman–Crippen MR) is 117 cm³/mol. The van der Waals surface area contributed by atoms with Gasteiger partial charge in [-0.05, 0) is 24.6 Å². The summed E-state index contributed by atoms with van der Waals surface area (Å²) >= 11 is 0. The summed E-state index contributed by atoms with van der Waals surface area (Å²) in [6.45, 7) is 4.79. The van der Waals surface area contributed by atoms with Gasteiger partial charge in [-0.2, -0.15) is 0 Å². The number of aromatic nitrogens is 4. The van der Waals surface area contributed by atoms with Crippen molar-refractivity contribution in [2.24, 2.45) is 0 Å². The molecule has 160 valence electrons. The van der Waals surface area contributed by atoms with Gasteiger partial charge in [0.05, 0.1) is 5.69 Å². The Balaban J connectivity index is 1.32. The quantitative estimate of drug-likeness (QED) is 0.661. The van der Waals surface area contributed by atoms with Crippen molar-refractivity contribution in [1.82, 2.24) is 24.6 Å². The van der Waals surface area contributed by atoms with Crippen LogP contribution in [0.1, 0.15) is 12.0 Å². The van der Waals surface area contributed by atoms with Crippen LogP contribution in [0.15, 0.2) is 58.3 Å². The van der Waals surface area contributed by atoms with Crippen molar-refractivity contribution in [1.29, 1.82) is 0 Å². The monoisotopic (exact) mass is 420 g/mol. The number of rotatable bonds is 5. The van der Waals surface area contributed by atoms with Crippen molar-refractivity contribution in [3.63, 3.8) is 0 Å². The second-order valence-electron chi connectivity index (χ2n) is 7.51. The van der Waals surface area contributed by atoms with E-state index in [0.717, 1.165) is 22.6 Å². The lowest BCUT2D eigenvalue weighted by Gasteiger charge is -2.35. The highest BCUT2D eigenvalue weighted by molar-refractivity contribution is 5.76. The molecule has 1 fully saturated rings. The molecule has 0 radical (unpaired) electrons. The van der Waals surface area contributed by atoms with Gasteiger partial charge in [-0.25, -0.2) is 4.79 Å². The number of carbonyl (C=O) groups excluding carboxylic acids is 1. The van der Waals surface area contributed by atoms with Gasteiger partial charge in [-0.1, -0.05) is 24.3 Å². The average molecular weight is 420 g/mol. The summed E-state index contributed by atoms with van der Waals surface area (Å²) in [5, 5.41) is 8.77. The van der Waals surface area contributed by atoms with Crippen LogP contribution in [0.3, 0.4) is 0 Å². The summed E-state index contributed by atoms with van der Waals surface area (Å²) in [6.07, 6.45) is 1.61. The molecule has 1 aliphatic heterocycles. The molecule has 4 rings (SSSR count). The SMILES string of the molecule is Cc1ccccc1-c1ccc(N2CCN(C(=O)CCn3ccc(=O)[nH]c3=O)CC2)nn1. The number of hydrogen-bond acceptors (Lipinski definition) is 6. The highest BCUT2D eigenvalue weighted by Crippen LogP contribution is 2.22. The molecule has 1 aliphatic rings. The Morgan fingerprint density at radius 3 is 2.45 bits per heavy atom. The van der Waals surface area contributed by atoms with Crippen LogP contribution in [0.5, 0.6) is 0 Å². The number of H-pyrrole nitrogens is 1. The van der Waals surface area contributed by atoms with Gasteiger partial charge in [0.25, 0.3) is 5.56 Å². The van der Waals surface area contributed by atoms with E-state index in [0.29, 0.717) is 26.2 Å². The van der Waals surface area contributed by atoms with Gasteiger partial charge < -0.3 is 14.4 Å². The summed E-state index contributed by atoms with van der Waals surface area (Å²) < 4.78 is 1.33. The lowest BCUT2D eigenvalue weighted by molar-refractivity contribution is -0.131. The van der Waals surface area contributed by atoms with Crippen LogP contribution in [0.4, 0.5) is 5.82 Å². The third kappa shape index (κ3) is 4.71. The lowest BCUT2D eigenvalue weighted by Crippen LogP contribution is -2.49. The minimum atomic E-state index is -0.502. The molecule has 0 saturated carbocycles. The molecule has 3 aromatic rings. The molecule has 0 aliphatic carbocycles. The van der Waals surface area contributed by atoms with Gasteiger partial charge in [0.15, 0.2) is 5.82 Å². The van der Waals surface area contributed by atoms with Gasteiger partial charge in [-0.15, -0.1) is 10.2 Å². The maximum absolute atomic E-state index is 12.5. The van der Waals surface area contributed by atoms with Crippen LogP contribution < -0.4 is 16.1 Å². The van der Waals surface area contributed by atoms with E-state index in [1.165, 1.54) is 16.8 Å². The van der Waals surface area contributed by atoms with Gasteiger partial charge in [0.2, 0.25) is 5.91 Å². The van der Waals surface area contributed by atoms with Crippen LogP contribution in [0.2, 0.25) is 0 Å². The normalized spacial score (nSPS) is 14.0. The third-order valence-corrected chi connectivity index (χ3v) is 5.49. The summed E-state index contributed by atoms with van der Waals surface area (Å²) in [6, 6.07) is 13.3. The Hall–Kier alpha value is -3.75. The molecule has 2 aromatic heterocycles. The van der Waals surface area contributed by atoms with Crippen molar-refractivity contribution < 1.29 is 4.79 Å². The second-order valence-corrected chi connectivity index (χ2v) is 7.51. The molecule has 1 saturated heterocycles. The van der Waals surface area contributed by atoms with Crippen LogP contribution in [-0.2, 0) is 11.3 Å². The Morgan fingerprint density at radius 1 is 1.00 bits per heavy atom. The third-order valence-electron chi connectivity index (χ3n) is 5.49. The Morgan fingerprint density at radius 2 is 1.77 bits per heavy atom. The largest absolute Gasteiger partial charge is 0.352 e. The maximum Gasteiger partial charge on any atom is 0.328 e.